The molecule has 0 aliphatic heterocycles. The van der Waals surface area contributed by atoms with Gasteiger partial charge in [0.1, 0.15) is 5.75 Å². The van der Waals surface area contributed by atoms with Crippen molar-refractivity contribution in [1.82, 2.24) is 4.90 Å². The van der Waals surface area contributed by atoms with Crippen LogP contribution in [0.1, 0.15) is 23.7 Å². The molecule has 0 spiro atoms. The van der Waals surface area contributed by atoms with Crippen LogP contribution in [0.5, 0.6) is 5.75 Å². The van der Waals surface area contributed by atoms with E-state index in [4.69, 9.17) is 9.84 Å². The maximum absolute atomic E-state index is 12.3. The number of nitrogens with zero attached hydrogens (tertiary/aromatic N) is 1. The maximum atomic E-state index is 12.3. The van der Waals surface area contributed by atoms with E-state index < -0.39 is 5.97 Å². The second-order valence-corrected chi connectivity index (χ2v) is 4.79. The van der Waals surface area contributed by atoms with Crippen LogP contribution in [-0.4, -0.2) is 42.1 Å². The number of halogens is 1. The van der Waals surface area contributed by atoms with Crippen LogP contribution < -0.4 is 4.74 Å². The SMILES string of the molecule is CCN(CCC(=O)O)C(=O)c1ccc(Br)cc1OC. The third kappa shape index (κ3) is 4.24. The molecule has 19 heavy (non-hydrogen) atoms. The standard InChI is InChI=1S/C13H16BrNO4/c1-3-15(7-6-12(16)17)13(18)10-5-4-9(14)8-11(10)19-2/h4-5,8H,3,6-7H2,1-2H3,(H,16,17). The highest BCUT2D eigenvalue weighted by molar-refractivity contribution is 9.10. The van der Waals surface area contributed by atoms with Crippen LogP contribution in [0.2, 0.25) is 0 Å². The molecule has 0 atom stereocenters. The van der Waals surface area contributed by atoms with E-state index in [1.807, 2.05) is 6.92 Å². The van der Waals surface area contributed by atoms with Crippen LogP contribution >= 0.6 is 15.9 Å². The summed E-state index contributed by atoms with van der Waals surface area (Å²) in [5.74, 6) is -0.685. The number of carbonyl (C=O) groups excluding carboxylic acids is 1. The second-order valence-electron chi connectivity index (χ2n) is 3.87. The summed E-state index contributed by atoms with van der Waals surface area (Å²) in [5.41, 5.74) is 0.429. The molecule has 0 bridgehead atoms. The van der Waals surface area contributed by atoms with Crippen molar-refractivity contribution >= 4 is 27.8 Å². The normalized spacial score (nSPS) is 10.1. The average Bonchev–Trinajstić information content (AvgIpc) is 2.38. The average molecular weight is 330 g/mol. The lowest BCUT2D eigenvalue weighted by Crippen LogP contribution is -2.33. The summed E-state index contributed by atoms with van der Waals surface area (Å²) in [5, 5.41) is 8.68. The van der Waals surface area contributed by atoms with Gasteiger partial charge in [0.05, 0.1) is 19.1 Å². The van der Waals surface area contributed by atoms with Gasteiger partial charge in [0, 0.05) is 17.6 Å². The van der Waals surface area contributed by atoms with Crippen molar-refractivity contribution in [1.29, 1.82) is 0 Å². The zero-order valence-electron chi connectivity index (χ0n) is 10.9. The van der Waals surface area contributed by atoms with E-state index in [2.05, 4.69) is 15.9 Å². The first-order chi connectivity index (χ1) is 8.99. The third-order valence-electron chi connectivity index (χ3n) is 2.66. The smallest absolute Gasteiger partial charge is 0.305 e. The van der Waals surface area contributed by atoms with Crippen molar-refractivity contribution in [2.45, 2.75) is 13.3 Å². The van der Waals surface area contributed by atoms with Gasteiger partial charge in [0.25, 0.3) is 5.91 Å². The molecule has 0 aliphatic carbocycles. The third-order valence-corrected chi connectivity index (χ3v) is 3.15. The van der Waals surface area contributed by atoms with Gasteiger partial charge < -0.3 is 14.7 Å². The molecule has 0 unspecified atom stereocenters. The summed E-state index contributed by atoms with van der Waals surface area (Å²) >= 11 is 3.31. The fourth-order valence-electron chi connectivity index (χ4n) is 1.65. The molecule has 104 valence electrons. The van der Waals surface area contributed by atoms with Crippen molar-refractivity contribution < 1.29 is 19.4 Å². The number of benzene rings is 1. The largest absolute Gasteiger partial charge is 0.496 e. The Morgan fingerprint density at radius 3 is 2.63 bits per heavy atom. The Hall–Kier alpha value is -1.56. The number of carbonyl (C=O) groups is 2. The van der Waals surface area contributed by atoms with Gasteiger partial charge in [-0.15, -0.1) is 0 Å². The Bertz CT molecular complexity index is 476. The van der Waals surface area contributed by atoms with E-state index >= 15 is 0 Å². The van der Waals surface area contributed by atoms with Gasteiger partial charge in [-0.2, -0.15) is 0 Å². The summed E-state index contributed by atoms with van der Waals surface area (Å²) in [6.07, 6.45) is -0.0710. The van der Waals surface area contributed by atoms with Gasteiger partial charge in [-0.25, -0.2) is 0 Å². The number of carboxylic acids is 1. The van der Waals surface area contributed by atoms with Crippen molar-refractivity contribution in [3.63, 3.8) is 0 Å². The molecule has 1 aromatic carbocycles. The predicted molar refractivity (Wildman–Crippen MR) is 74.5 cm³/mol. The monoisotopic (exact) mass is 329 g/mol. The first-order valence-corrected chi connectivity index (χ1v) is 6.63. The molecular weight excluding hydrogens is 314 g/mol. The number of carboxylic acid groups (broad SMARTS) is 1. The number of methoxy groups -OCH3 is 1. The van der Waals surface area contributed by atoms with Crippen LogP contribution in [0, 0.1) is 0 Å². The lowest BCUT2D eigenvalue weighted by atomic mass is 10.1. The van der Waals surface area contributed by atoms with E-state index in [1.165, 1.54) is 12.0 Å². The van der Waals surface area contributed by atoms with E-state index in [0.717, 1.165) is 4.47 Å². The minimum absolute atomic E-state index is 0.0710. The fourth-order valence-corrected chi connectivity index (χ4v) is 1.99. The maximum Gasteiger partial charge on any atom is 0.305 e. The van der Waals surface area contributed by atoms with Crippen LogP contribution in [0.4, 0.5) is 0 Å². The molecule has 0 fully saturated rings. The number of amides is 1. The van der Waals surface area contributed by atoms with Crippen molar-refractivity contribution in [2.24, 2.45) is 0 Å². The molecule has 0 aliphatic rings. The van der Waals surface area contributed by atoms with E-state index in [-0.39, 0.29) is 18.9 Å². The summed E-state index contributed by atoms with van der Waals surface area (Å²) in [6, 6.07) is 5.12. The van der Waals surface area contributed by atoms with Crippen LogP contribution in [-0.2, 0) is 4.79 Å². The summed E-state index contributed by atoms with van der Waals surface area (Å²) in [6.45, 7) is 2.44. The highest BCUT2D eigenvalue weighted by atomic mass is 79.9. The Balaban J connectivity index is 2.93. The molecule has 0 heterocycles. The first kappa shape index (κ1) is 15.5. The zero-order chi connectivity index (χ0) is 14.4. The minimum atomic E-state index is -0.922. The Morgan fingerprint density at radius 2 is 2.11 bits per heavy atom. The van der Waals surface area contributed by atoms with E-state index in [0.29, 0.717) is 17.9 Å². The van der Waals surface area contributed by atoms with Crippen molar-refractivity contribution in [3.8, 4) is 5.75 Å². The highest BCUT2D eigenvalue weighted by Crippen LogP contribution is 2.24. The minimum Gasteiger partial charge on any atom is -0.496 e. The number of hydrogen-bond acceptors (Lipinski definition) is 3. The molecule has 0 saturated heterocycles. The van der Waals surface area contributed by atoms with Crippen LogP contribution in [0.15, 0.2) is 22.7 Å². The Morgan fingerprint density at radius 1 is 1.42 bits per heavy atom. The predicted octanol–water partition coefficient (Wildman–Crippen LogP) is 2.39. The lowest BCUT2D eigenvalue weighted by molar-refractivity contribution is -0.137. The Kier molecular flexibility index (Phi) is 5.82. The summed E-state index contributed by atoms with van der Waals surface area (Å²) in [4.78, 5) is 24.4. The molecule has 1 amide bonds. The molecule has 6 heteroatoms. The molecular formula is C13H16BrNO4. The number of aliphatic carboxylic acids is 1. The summed E-state index contributed by atoms with van der Waals surface area (Å²) in [7, 11) is 1.49. The fraction of sp³-hybridized carbons (Fsp3) is 0.385. The number of rotatable bonds is 6. The second kappa shape index (κ2) is 7.13. The first-order valence-electron chi connectivity index (χ1n) is 5.84. The molecule has 0 aromatic heterocycles. The molecule has 1 aromatic rings. The zero-order valence-corrected chi connectivity index (χ0v) is 12.4. The molecule has 0 saturated carbocycles. The van der Waals surface area contributed by atoms with Gasteiger partial charge in [0.2, 0.25) is 0 Å². The van der Waals surface area contributed by atoms with Gasteiger partial charge in [-0.05, 0) is 25.1 Å². The van der Waals surface area contributed by atoms with Crippen LogP contribution in [0.3, 0.4) is 0 Å². The van der Waals surface area contributed by atoms with Gasteiger partial charge in [-0.1, -0.05) is 15.9 Å². The molecule has 1 rings (SSSR count). The van der Waals surface area contributed by atoms with Gasteiger partial charge in [0.15, 0.2) is 0 Å². The van der Waals surface area contributed by atoms with Crippen molar-refractivity contribution in [3.05, 3.63) is 28.2 Å². The number of hydrogen-bond donors (Lipinski definition) is 1. The topological polar surface area (TPSA) is 66.8 Å². The molecule has 0 radical (unpaired) electrons. The van der Waals surface area contributed by atoms with Gasteiger partial charge in [-0.3, -0.25) is 9.59 Å². The highest BCUT2D eigenvalue weighted by Gasteiger charge is 2.19. The lowest BCUT2D eigenvalue weighted by Gasteiger charge is -2.21. The van der Waals surface area contributed by atoms with Gasteiger partial charge >= 0.3 is 5.97 Å². The van der Waals surface area contributed by atoms with E-state index in [1.54, 1.807) is 18.2 Å². The number of ether oxygens (including phenoxy) is 1. The van der Waals surface area contributed by atoms with E-state index in [9.17, 15) is 9.59 Å². The Labute approximate surface area is 120 Å². The summed E-state index contributed by atoms with van der Waals surface area (Å²) < 4.78 is 5.99. The quantitative estimate of drug-likeness (QED) is 0.870. The molecule has 1 N–H and O–H groups in total. The van der Waals surface area contributed by atoms with Crippen LogP contribution in [0.25, 0.3) is 0 Å². The van der Waals surface area contributed by atoms with Crippen molar-refractivity contribution in [2.75, 3.05) is 20.2 Å². The molecule has 5 nitrogen and oxygen atoms in total.